The van der Waals surface area contributed by atoms with Crippen molar-refractivity contribution >= 4 is 0 Å². The van der Waals surface area contributed by atoms with Crippen molar-refractivity contribution in [3.05, 3.63) is 60.1 Å². The van der Waals surface area contributed by atoms with Crippen LogP contribution in [0.15, 0.2) is 53.1 Å². The minimum Gasteiger partial charge on any atom is -0.468 e. The molecule has 2 unspecified atom stereocenters. The maximum absolute atomic E-state index is 5.97. The third-order valence-electron chi connectivity index (χ3n) is 3.70. The van der Waals surface area contributed by atoms with Crippen LogP contribution in [0.3, 0.4) is 0 Å². The topological polar surface area (TPSA) is 42.4 Å². The Morgan fingerprint density at radius 1 is 1.16 bits per heavy atom. The van der Waals surface area contributed by atoms with Gasteiger partial charge in [-0.3, -0.25) is 4.90 Å². The molecule has 3 nitrogen and oxygen atoms in total. The number of rotatable bonds is 6. The lowest BCUT2D eigenvalue weighted by Gasteiger charge is -2.31. The smallest absolute Gasteiger partial charge is 0.117 e. The Balaban J connectivity index is 2.06. The van der Waals surface area contributed by atoms with E-state index in [2.05, 4.69) is 43.1 Å². The number of nitrogens with two attached hydrogens (primary N) is 1. The third kappa shape index (κ3) is 3.46. The molecule has 0 saturated heterocycles. The van der Waals surface area contributed by atoms with E-state index < -0.39 is 0 Å². The van der Waals surface area contributed by atoms with Crippen LogP contribution in [0.2, 0.25) is 0 Å². The van der Waals surface area contributed by atoms with Gasteiger partial charge < -0.3 is 10.2 Å². The van der Waals surface area contributed by atoms with E-state index in [1.54, 1.807) is 6.26 Å². The number of nitrogens with zero attached hydrogens (tertiary/aromatic N) is 1. The third-order valence-corrected chi connectivity index (χ3v) is 3.70. The maximum Gasteiger partial charge on any atom is 0.117 e. The standard InChI is InChI=1S/C16H22N2O/c1-13(14-7-4-3-5-8-14)16(11-17)18(2)12-15-9-6-10-19-15/h3-10,13,16H,11-12,17H2,1-2H3. The van der Waals surface area contributed by atoms with E-state index in [1.807, 2.05) is 18.2 Å². The zero-order valence-corrected chi connectivity index (χ0v) is 11.6. The molecule has 0 amide bonds. The summed E-state index contributed by atoms with van der Waals surface area (Å²) in [5.41, 5.74) is 7.29. The molecule has 1 aromatic carbocycles. The Morgan fingerprint density at radius 3 is 2.47 bits per heavy atom. The second kappa shape index (κ2) is 6.55. The van der Waals surface area contributed by atoms with Crippen molar-refractivity contribution in [3.63, 3.8) is 0 Å². The van der Waals surface area contributed by atoms with Crippen molar-refractivity contribution in [2.75, 3.05) is 13.6 Å². The number of furan rings is 1. The average Bonchev–Trinajstić information content (AvgIpc) is 2.93. The fraction of sp³-hybridized carbons (Fsp3) is 0.375. The molecule has 2 N–H and O–H groups in total. The first-order valence-electron chi connectivity index (χ1n) is 6.70. The molecule has 2 rings (SSSR count). The molecule has 19 heavy (non-hydrogen) atoms. The first-order valence-corrected chi connectivity index (χ1v) is 6.70. The molecule has 0 saturated carbocycles. The SMILES string of the molecule is CC(c1ccccc1)C(CN)N(C)Cc1ccco1. The summed E-state index contributed by atoms with van der Waals surface area (Å²) in [5, 5.41) is 0. The van der Waals surface area contributed by atoms with Crippen molar-refractivity contribution in [3.8, 4) is 0 Å². The fourth-order valence-electron chi connectivity index (χ4n) is 2.51. The summed E-state index contributed by atoms with van der Waals surface area (Å²) in [5.74, 6) is 1.37. The molecule has 0 aliphatic heterocycles. The average molecular weight is 258 g/mol. The summed E-state index contributed by atoms with van der Waals surface area (Å²) in [7, 11) is 2.10. The van der Waals surface area contributed by atoms with Crippen LogP contribution in [0.25, 0.3) is 0 Å². The van der Waals surface area contributed by atoms with E-state index in [4.69, 9.17) is 10.2 Å². The monoisotopic (exact) mass is 258 g/mol. The first-order chi connectivity index (χ1) is 9.22. The molecule has 2 atom stereocenters. The molecule has 0 bridgehead atoms. The summed E-state index contributed by atoms with van der Waals surface area (Å²) in [6, 6.07) is 14.7. The van der Waals surface area contributed by atoms with Gasteiger partial charge in [0.1, 0.15) is 5.76 Å². The minimum absolute atomic E-state index is 0.299. The van der Waals surface area contributed by atoms with Crippen LogP contribution < -0.4 is 5.73 Å². The molecule has 0 fully saturated rings. The molecule has 1 heterocycles. The van der Waals surface area contributed by atoms with Gasteiger partial charge in [0.05, 0.1) is 12.8 Å². The normalized spacial score (nSPS) is 14.5. The Hall–Kier alpha value is -1.58. The van der Waals surface area contributed by atoms with E-state index in [0.717, 1.165) is 12.3 Å². The van der Waals surface area contributed by atoms with Gasteiger partial charge in [0.15, 0.2) is 0 Å². The lowest BCUT2D eigenvalue weighted by Crippen LogP contribution is -2.41. The summed E-state index contributed by atoms with van der Waals surface area (Å²) in [6.07, 6.45) is 1.71. The Bertz CT molecular complexity index is 467. The largest absolute Gasteiger partial charge is 0.468 e. The molecule has 0 spiro atoms. The van der Waals surface area contributed by atoms with Gasteiger partial charge in [-0.25, -0.2) is 0 Å². The molecular weight excluding hydrogens is 236 g/mol. The van der Waals surface area contributed by atoms with E-state index in [0.29, 0.717) is 18.5 Å². The lowest BCUT2D eigenvalue weighted by atomic mass is 9.92. The van der Waals surface area contributed by atoms with Crippen LogP contribution in [0.5, 0.6) is 0 Å². The van der Waals surface area contributed by atoms with Gasteiger partial charge in [0.25, 0.3) is 0 Å². The number of hydrogen-bond acceptors (Lipinski definition) is 3. The van der Waals surface area contributed by atoms with Gasteiger partial charge >= 0.3 is 0 Å². The zero-order valence-electron chi connectivity index (χ0n) is 11.6. The molecule has 0 radical (unpaired) electrons. The second-order valence-electron chi connectivity index (χ2n) is 5.00. The van der Waals surface area contributed by atoms with Gasteiger partial charge in [0.2, 0.25) is 0 Å². The van der Waals surface area contributed by atoms with Crippen molar-refractivity contribution in [1.82, 2.24) is 4.90 Å². The van der Waals surface area contributed by atoms with E-state index in [9.17, 15) is 0 Å². The predicted octanol–water partition coefficient (Wildman–Crippen LogP) is 2.84. The molecular formula is C16H22N2O. The summed E-state index contributed by atoms with van der Waals surface area (Å²) in [6.45, 7) is 3.64. The number of likely N-dealkylation sites (N-methyl/N-ethyl adjacent to an activating group) is 1. The molecule has 0 aliphatic carbocycles. The van der Waals surface area contributed by atoms with E-state index >= 15 is 0 Å². The van der Waals surface area contributed by atoms with Crippen molar-refractivity contribution in [2.45, 2.75) is 25.4 Å². The predicted molar refractivity (Wildman–Crippen MR) is 77.9 cm³/mol. The van der Waals surface area contributed by atoms with Crippen LogP contribution in [-0.4, -0.2) is 24.5 Å². The van der Waals surface area contributed by atoms with Crippen molar-refractivity contribution in [2.24, 2.45) is 5.73 Å². The van der Waals surface area contributed by atoms with Crippen molar-refractivity contribution in [1.29, 1.82) is 0 Å². The minimum atomic E-state index is 0.299. The van der Waals surface area contributed by atoms with Crippen LogP contribution in [-0.2, 0) is 6.54 Å². The highest BCUT2D eigenvalue weighted by atomic mass is 16.3. The first kappa shape index (κ1) is 13.8. The van der Waals surface area contributed by atoms with Crippen LogP contribution in [0, 0.1) is 0 Å². The fourth-order valence-corrected chi connectivity index (χ4v) is 2.51. The number of hydrogen-bond donors (Lipinski definition) is 1. The Morgan fingerprint density at radius 2 is 1.89 bits per heavy atom. The molecule has 0 aliphatic rings. The summed E-state index contributed by atoms with van der Waals surface area (Å²) >= 11 is 0. The lowest BCUT2D eigenvalue weighted by molar-refractivity contribution is 0.198. The maximum atomic E-state index is 5.97. The molecule has 102 valence electrons. The van der Waals surface area contributed by atoms with Gasteiger partial charge in [-0.15, -0.1) is 0 Å². The highest BCUT2D eigenvalue weighted by molar-refractivity contribution is 5.20. The zero-order chi connectivity index (χ0) is 13.7. The molecule has 3 heteroatoms. The Kier molecular flexibility index (Phi) is 4.77. The van der Waals surface area contributed by atoms with Crippen LogP contribution in [0.4, 0.5) is 0 Å². The van der Waals surface area contributed by atoms with Gasteiger partial charge in [-0.2, -0.15) is 0 Å². The Labute approximate surface area is 115 Å². The van der Waals surface area contributed by atoms with Gasteiger partial charge in [-0.1, -0.05) is 37.3 Å². The second-order valence-corrected chi connectivity index (χ2v) is 5.00. The van der Waals surface area contributed by atoms with Gasteiger partial charge in [-0.05, 0) is 30.7 Å². The molecule has 1 aromatic heterocycles. The van der Waals surface area contributed by atoms with E-state index in [1.165, 1.54) is 5.56 Å². The van der Waals surface area contributed by atoms with Crippen molar-refractivity contribution < 1.29 is 4.42 Å². The highest BCUT2D eigenvalue weighted by Gasteiger charge is 2.22. The summed E-state index contributed by atoms with van der Waals surface area (Å²) in [4.78, 5) is 2.26. The van der Waals surface area contributed by atoms with Crippen LogP contribution in [0.1, 0.15) is 24.2 Å². The quantitative estimate of drug-likeness (QED) is 0.866. The summed E-state index contributed by atoms with van der Waals surface area (Å²) < 4.78 is 5.40. The van der Waals surface area contributed by atoms with Crippen LogP contribution >= 0.6 is 0 Å². The molecule has 2 aromatic rings. The number of benzene rings is 1. The van der Waals surface area contributed by atoms with Gasteiger partial charge in [0, 0.05) is 12.6 Å². The van der Waals surface area contributed by atoms with E-state index in [-0.39, 0.29) is 0 Å². The highest BCUT2D eigenvalue weighted by Crippen LogP contribution is 2.23.